The summed E-state index contributed by atoms with van der Waals surface area (Å²) in [5, 5.41) is 5.25. The van der Waals surface area contributed by atoms with Crippen molar-refractivity contribution in [2.24, 2.45) is 5.73 Å². The van der Waals surface area contributed by atoms with Gasteiger partial charge >= 0.3 is 6.03 Å². The van der Waals surface area contributed by atoms with Crippen LogP contribution in [0.2, 0.25) is 0 Å². The van der Waals surface area contributed by atoms with Crippen LogP contribution in [0.3, 0.4) is 0 Å². The minimum atomic E-state index is -0.650. The fraction of sp³-hybridized carbons (Fsp3) is 0.118. The Morgan fingerprint density at radius 3 is 2.54 bits per heavy atom. The van der Waals surface area contributed by atoms with Gasteiger partial charge in [0, 0.05) is 24.2 Å². The highest BCUT2D eigenvalue weighted by molar-refractivity contribution is 5.93. The summed E-state index contributed by atoms with van der Waals surface area (Å²) in [5.74, 6) is 0.641. The molecular weight excluding hydrogens is 306 g/mol. The minimum absolute atomic E-state index is 0.133. The van der Waals surface area contributed by atoms with Crippen molar-refractivity contribution in [2.45, 2.75) is 12.8 Å². The van der Waals surface area contributed by atoms with Crippen molar-refractivity contribution < 1.29 is 9.59 Å². The van der Waals surface area contributed by atoms with Crippen molar-refractivity contribution in [2.75, 3.05) is 10.6 Å². The summed E-state index contributed by atoms with van der Waals surface area (Å²) in [7, 11) is 0. The van der Waals surface area contributed by atoms with Crippen LogP contribution >= 0.6 is 0 Å². The molecule has 24 heavy (non-hydrogen) atoms. The summed E-state index contributed by atoms with van der Waals surface area (Å²) in [5.41, 5.74) is 8.03. The summed E-state index contributed by atoms with van der Waals surface area (Å²) in [4.78, 5) is 30.6. The standard InChI is InChI=1S/C17H17N5O2/c18-17(24)20-12-5-3-4-11(10-12)19-16(23)9-8-15-21-13-6-1-2-7-14(13)22-15/h1-7,10H,8-9H2,(H,19,23)(H,21,22)(H3,18,20,24). The molecule has 0 unspecified atom stereocenters. The Hall–Kier alpha value is -3.35. The fourth-order valence-electron chi connectivity index (χ4n) is 2.40. The van der Waals surface area contributed by atoms with Gasteiger partial charge in [-0.3, -0.25) is 4.79 Å². The molecule has 122 valence electrons. The summed E-state index contributed by atoms with van der Waals surface area (Å²) >= 11 is 0. The molecule has 0 atom stereocenters. The number of H-pyrrole nitrogens is 1. The number of urea groups is 1. The maximum absolute atomic E-state index is 12.1. The molecule has 0 fully saturated rings. The molecule has 0 bridgehead atoms. The Bertz CT molecular complexity index is 854. The number of benzene rings is 2. The molecule has 0 aliphatic rings. The van der Waals surface area contributed by atoms with Gasteiger partial charge in [0.25, 0.3) is 0 Å². The lowest BCUT2D eigenvalue weighted by Crippen LogP contribution is -2.19. The maximum atomic E-state index is 12.1. The first-order chi connectivity index (χ1) is 11.6. The largest absolute Gasteiger partial charge is 0.351 e. The van der Waals surface area contributed by atoms with E-state index < -0.39 is 6.03 Å². The predicted octanol–water partition coefficient (Wildman–Crippen LogP) is 2.62. The Morgan fingerprint density at radius 2 is 1.79 bits per heavy atom. The van der Waals surface area contributed by atoms with Gasteiger partial charge in [-0.2, -0.15) is 0 Å². The highest BCUT2D eigenvalue weighted by atomic mass is 16.2. The number of primary amides is 1. The Morgan fingerprint density at radius 1 is 1.04 bits per heavy atom. The summed E-state index contributed by atoms with van der Waals surface area (Å²) < 4.78 is 0. The van der Waals surface area contributed by atoms with Crippen LogP contribution in [0, 0.1) is 0 Å². The van der Waals surface area contributed by atoms with E-state index in [2.05, 4.69) is 20.6 Å². The molecule has 3 amide bonds. The molecule has 0 radical (unpaired) electrons. The molecule has 3 rings (SSSR count). The molecule has 0 aliphatic heterocycles. The van der Waals surface area contributed by atoms with Crippen molar-refractivity contribution in [1.29, 1.82) is 0 Å². The number of imidazole rings is 1. The molecule has 0 saturated carbocycles. The van der Waals surface area contributed by atoms with Crippen LogP contribution in [0.4, 0.5) is 16.2 Å². The lowest BCUT2D eigenvalue weighted by molar-refractivity contribution is -0.116. The number of nitrogens with two attached hydrogens (primary N) is 1. The first kappa shape index (κ1) is 15.5. The molecule has 1 heterocycles. The first-order valence-corrected chi connectivity index (χ1v) is 7.50. The molecule has 0 saturated heterocycles. The number of aromatic nitrogens is 2. The van der Waals surface area contributed by atoms with Gasteiger partial charge in [-0.25, -0.2) is 9.78 Å². The summed E-state index contributed by atoms with van der Waals surface area (Å²) in [6.45, 7) is 0. The Balaban J connectivity index is 1.58. The smallest absolute Gasteiger partial charge is 0.316 e. The van der Waals surface area contributed by atoms with E-state index >= 15 is 0 Å². The van der Waals surface area contributed by atoms with Crippen LogP contribution in [0.1, 0.15) is 12.2 Å². The number of carbonyl (C=O) groups is 2. The number of nitrogens with one attached hydrogen (secondary N) is 3. The van der Waals surface area contributed by atoms with Crippen molar-refractivity contribution in [3.63, 3.8) is 0 Å². The molecular formula is C17H17N5O2. The van der Waals surface area contributed by atoms with E-state index in [0.717, 1.165) is 16.9 Å². The van der Waals surface area contributed by atoms with E-state index in [1.54, 1.807) is 24.3 Å². The second kappa shape index (κ2) is 6.82. The zero-order chi connectivity index (χ0) is 16.9. The number of fused-ring (bicyclic) bond motifs is 1. The van der Waals surface area contributed by atoms with Gasteiger partial charge in [-0.1, -0.05) is 18.2 Å². The lowest BCUT2D eigenvalue weighted by Gasteiger charge is -2.07. The van der Waals surface area contributed by atoms with E-state index in [1.165, 1.54) is 0 Å². The third kappa shape index (κ3) is 3.89. The predicted molar refractivity (Wildman–Crippen MR) is 92.7 cm³/mol. The third-order valence-electron chi connectivity index (χ3n) is 3.44. The number of rotatable bonds is 5. The van der Waals surface area contributed by atoms with E-state index in [9.17, 15) is 9.59 Å². The zero-order valence-corrected chi connectivity index (χ0v) is 12.9. The highest BCUT2D eigenvalue weighted by Crippen LogP contribution is 2.16. The number of anilines is 2. The highest BCUT2D eigenvalue weighted by Gasteiger charge is 2.07. The SMILES string of the molecule is NC(=O)Nc1cccc(NC(=O)CCc2nc3ccccc3[nH]2)c1. The molecule has 0 spiro atoms. The average molecular weight is 323 g/mol. The molecule has 1 aromatic heterocycles. The number of para-hydroxylation sites is 2. The number of hydrogen-bond donors (Lipinski definition) is 4. The number of nitrogens with zero attached hydrogens (tertiary/aromatic N) is 1. The van der Waals surface area contributed by atoms with E-state index in [1.807, 2.05) is 24.3 Å². The zero-order valence-electron chi connectivity index (χ0n) is 12.9. The van der Waals surface area contributed by atoms with Crippen molar-refractivity contribution in [3.05, 3.63) is 54.4 Å². The molecule has 0 aliphatic carbocycles. The topological polar surface area (TPSA) is 113 Å². The van der Waals surface area contributed by atoms with Gasteiger partial charge in [0.05, 0.1) is 11.0 Å². The van der Waals surface area contributed by atoms with Crippen LogP contribution in [-0.4, -0.2) is 21.9 Å². The van der Waals surface area contributed by atoms with Gasteiger partial charge in [0.15, 0.2) is 0 Å². The number of amides is 3. The second-order valence-corrected chi connectivity index (χ2v) is 5.32. The molecule has 7 heteroatoms. The average Bonchev–Trinajstić information content (AvgIpc) is 2.95. The van der Waals surface area contributed by atoms with Crippen LogP contribution in [0.5, 0.6) is 0 Å². The van der Waals surface area contributed by atoms with Gasteiger partial charge in [0.1, 0.15) is 5.82 Å². The molecule has 3 aromatic rings. The van der Waals surface area contributed by atoms with Gasteiger partial charge in [-0.15, -0.1) is 0 Å². The van der Waals surface area contributed by atoms with Crippen molar-refractivity contribution in [3.8, 4) is 0 Å². The number of hydrogen-bond acceptors (Lipinski definition) is 3. The number of aryl methyl sites for hydroxylation is 1. The lowest BCUT2D eigenvalue weighted by atomic mass is 10.2. The van der Waals surface area contributed by atoms with E-state index in [4.69, 9.17) is 5.73 Å². The Kier molecular flexibility index (Phi) is 4.42. The fourth-order valence-corrected chi connectivity index (χ4v) is 2.40. The van der Waals surface area contributed by atoms with Gasteiger partial charge in [0.2, 0.25) is 5.91 Å². The van der Waals surface area contributed by atoms with Crippen LogP contribution < -0.4 is 16.4 Å². The number of carbonyl (C=O) groups excluding carboxylic acids is 2. The maximum Gasteiger partial charge on any atom is 0.316 e. The normalized spacial score (nSPS) is 10.5. The molecule has 2 aromatic carbocycles. The van der Waals surface area contributed by atoms with Gasteiger partial charge < -0.3 is 21.4 Å². The van der Waals surface area contributed by atoms with E-state index in [0.29, 0.717) is 24.2 Å². The number of aromatic amines is 1. The van der Waals surface area contributed by atoms with Gasteiger partial charge in [-0.05, 0) is 30.3 Å². The summed E-state index contributed by atoms with van der Waals surface area (Å²) in [6.07, 6.45) is 0.813. The quantitative estimate of drug-likeness (QED) is 0.579. The van der Waals surface area contributed by atoms with Crippen molar-refractivity contribution in [1.82, 2.24) is 9.97 Å². The minimum Gasteiger partial charge on any atom is -0.351 e. The summed E-state index contributed by atoms with van der Waals surface area (Å²) in [6, 6.07) is 13.9. The first-order valence-electron chi connectivity index (χ1n) is 7.50. The molecule has 5 N–H and O–H groups in total. The van der Waals surface area contributed by atoms with Crippen LogP contribution in [-0.2, 0) is 11.2 Å². The monoisotopic (exact) mass is 323 g/mol. The second-order valence-electron chi connectivity index (χ2n) is 5.32. The Labute approximate surface area is 138 Å². The van der Waals surface area contributed by atoms with E-state index in [-0.39, 0.29) is 5.91 Å². The van der Waals surface area contributed by atoms with Crippen LogP contribution in [0.15, 0.2) is 48.5 Å². The molecule has 7 nitrogen and oxygen atoms in total. The van der Waals surface area contributed by atoms with Crippen LogP contribution in [0.25, 0.3) is 11.0 Å². The van der Waals surface area contributed by atoms with Crippen molar-refractivity contribution >= 4 is 34.3 Å². The third-order valence-corrected chi connectivity index (χ3v) is 3.44.